The number of aromatic nitrogens is 1. The van der Waals surface area contributed by atoms with Crippen LogP contribution in [-0.4, -0.2) is 103 Å². The molecule has 15 nitrogen and oxygen atoms in total. The highest BCUT2D eigenvalue weighted by Gasteiger charge is 2.63. The standard InChI is InChI=1S/C41H54F3N5O10S/c1-8-24-17-23(2)11-9-10-12-26-21-40(26,36(52)48-60(54,55)39(5)15-16-39)47-33(50)30-20-28(58-34-29-14-13-27(56-6)18-25(29)19-31(45-34)57-7)22-49(30)35(51)32(24)46-37(53)59-38(3,4)41(42,43)44/h10,12-14,18-19,23-24,26,28,30,32H,8-9,11,15-17,20-22H2,1-7H3,(H,46,53)(H,47,50)(H,48,52)/b12-10-/t23-,24+,26?,28+,30-,32-,40+/m0/s1. The monoisotopic (exact) mass is 865 g/mol. The van der Waals surface area contributed by atoms with Crippen LogP contribution < -0.4 is 29.6 Å². The zero-order chi connectivity index (χ0) is 44.0. The molecule has 3 N–H and O–H groups in total. The molecule has 19 heteroatoms. The summed E-state index contributed by atoms with van der Waals surface area (Å²) >= 11 is 0. The maximum absolute atomic E-state index is 15.0. The van der Waals surface area contributed by atoms with Crippen molar-refractivity contribution in [2.75, 3.05) is 20.8 Å². The summed E-state index contributed by atoms with van der Waals surface area (Å²) in [6, 6.07) is 4.06. The summed E-state index contributed by atoms with van der Waals surface area (Å²) in [5.41, 5.74) is -4.56. The van der Waals surface area contributed by atoms with Gasteiger partial charge in [0.05, 0.1) is 25.5 Å². The number of hydrogen-bond acceptors (Lipinski definition) is 11. The quantitative estimate of drug-likeness (QED) is 0.262. The number of carbonyl (C=O) groups is 4. The molecule has 330 valence electrons. The van der Waals surface area contributed by atoms with Crippen LogP contribution in [0.5, 0.6) is 17.5 Å². The average Bonchev–Trinajstić information content (AvgIpc) is 4.06. The third-order valence-corrected chi connectivity index (χ3v) is 14.5. The van der Waals surface area contributed by atoms with Crippen molar-refractivity contribution < 1.29 is 59.7 Å². The number of halogens is 3. The molecule has 3 heterocycles. The van der Waals surface area contributed by atoms with E-state index < -0.39 is 85.9 Å². The number of amides is 4. The number of alkyl carbamates (subject to hydrolysis) is 1. The summed E-state index contributed by atoms with van der Waals surface area (Å²) in [4.78, 5) is 62.5. The van der Waals surface area contributed by atoms with Gasteiger partial charge in [-0.05, 0) is 94.7 Å². The van der Waals surface area contributed by atoms with Gasteiger partial charge in [0.2, 0.25) is 39.2 Å². The molecule has 1 aromatic heterocycles. The summed E-state index contributed by atoms with van der Waals surface area (Å²) in [5, 5.41) is 6.44. The van der Waals surface area contributed by atoms with E-state index in [9.17, 15) is 40.8 Å². The maximum atomic E-state index is 15.0. The van der Waals surface area contributed by atoms with Crippen molar-refractivity contribution in [2.24, 2.45) is 17.8 Å². The minimum absolute atomic E-state index is 0.0441. The Kier molecular flexibility index (Phi) is 12.4. The largest absolute Gasteiger partial charge is 0.497 e. The molecule has 0 bridgehead atoms. The first-order chi connectivity index (χ1) is 28.1. The Morgan fingerprint density at radius 2 is 1.80 bits per heavy atom. The number of nitrogens with zero attached hydrogens (tertiary/aromatic N) is 2. The van der Waals surface area contributed by atoms with Crippen molar-refractivity contribution in [3.63, 3.8) is 0 Å². The zero-order valence-corrected chi connectivity index (χ0v) is 35.6. The van der Waals surface area contributed by atoms with Gasteiger partial charge in [-0.25, -0.2) is 13.2 Å². The number of pyridine rings is 1. The molecular formula is C41H54F3N5O10S. The van der Waals surface area contributed by atoms with Crippen molar-refractivity contribution in [1.29, 1.82) is 0 Å². The van der Waals surface area contributed by atoms with Crippen LogP contribution in [-0.2, 0) is 29.1 Å². The fourth-order valence-electron chi connectivity index (χ4n) is 7.92. The fourth-order valence-corrected chi connectivity index (χ4v) is 9.23. The maximum Gasteiger partial charge on any atom is 0.427 e. The number of fused-ring (bicyclic) bond motifs is 3. The molecule has 1 aromatic carbocycles. The van der Waals surface area contributed by atoms with E-state index in [1.165, 1.54) is 26.0 Å². The van der Waals surface area contributed by atoms with E-state index >= 15 is 0 Å². The van der Waals surface area contributed by atoms with Gasteiger partial charge in [0.15, 0.2) is 0 Å². The number of allylic oxidation sites excluding steroid dienone is 1. The molecule has 2 aliphatic carbocycles. The third-order valence-electron chi connectivity index (χ3n) is 12.4. The molecule has 1 unspecified atom stereocenters. The van der Waals surface area contributed by atoms with E-state index in [0.29, 0.717) is 68.9 Å². The molecule has 2 saturated carbocycles. The molecule has 0 spiro atoms. The van der Waals surface area contributed by atoms with E-state index in [0.717, 1.165) is 0 Å². The van der Waals surface area contributed by atoms with Crippen LogP contribution in [0.25, 0.3) is 10.8 Å². The van der Waals surface area contributed by atoms with Crippen LogP contribution in [0.15, 0.2) is 36.4 Å². The van der Waals surface area contributed by atoms with Crippen molar-refractivity contribution in [2.45, 2.75) is 126 Å². The molecular weight excluding hydrogens is 812 g/mol. The lowest BCUT2D eigenvalue weighted by Gasteiger charge is -2.35. The van der Waals surface area contributed by atoms with Gasteiger partial charge >= 0.3 is 12.3 Å². The van der Waals surface area contributed by atoms with E-state index in [1.807, 2.05) is 13.0 Å². The number of carbonyl (C=O) groups excluding carboxylic acids is 4. The predicted molar refractivity (Wildman–Crippen MR) is 213 cm³/mol. The number of alkyl halides is 3. The van der Waals surface area contributed by atoms with E-state index in [2.05, 4.69) is 20.3 Å². The Morgan fingerprint density at radius 1 is 1.08 bits per heavy atom. The number of benzene rings is 1. The average molecular weight is 866 g/mol. The molecule has 2 aromatic rings. The number of methoxy groups -OCH3 is 2. The molecule has 4 amide bonds. The Bertz CT molecular complexity index is 2140. The summed E-state index contributed by atoms with van der Waals surface area (Å²) in [5.74, 6) is -2.81. The smallest absolute Gasteiger partial charge is 0.427 e. The van der Waals surface area contributed by atoms with Crippen LogP contribution in [0.2, 0.25) is 0 Å². The summed E-state index contributed by atoms with van der Waals surface area (Å²) in [6.07, 6.45) is -1.11. The van der Waals surface area contributed by atoms with Gasteiger partial charge in [0.25, 0.3) is 5.91 Å². The first-order valence-corrected chi connectivity index (χ1v) is 21.7. The molecule has 3 fully saturated rings. The second kappa shape index (κ2) is 16.6. The molecule has 4 aliphatic rings. The normalized spacial score (nSPS) is 28.8. The van der Waals surface area contributed by atoms with Gasteiger partial charge in [0.1, 0.15) is 29.5 Å². The Morgan fingerprint density at radius 3 is 2.43 bits per heavy atom. The Labute approximate surface area is 347 Å². The summed E-state index contributed by atoms with van der Waals surface area (Å²) in [6.45, 7) is 6.43. The molecule has 7 atom stereocenters. The van der Waals surface area contributed by atoms with Gasteiger partial charge < -0.3 is 34.5 Å². The van der Waals surface area contributed by atoms with Gasteiger partial charge in [-0.2, -0.15) is 18.2 Å². The van der Waals surface area contributed by atoms with Crippen molar-refractivity contribution in [3.05, 3.63) is 36.4 Å². The SMILES string of the molecule is CC[C@@H]1C[C@@H](C)CC/C=C\C2C[C@@]2(C(=O)NS(=O)(=O)C2(C)CC2)NC(=O)[C@@H]2C[C@@H](Oc3nc(OC)cc4cc(OC)ccc34)CN2C(=O)[C@H]1NC(=O)OC(C)(C)C(F)(F)F. The minimum Gasteiger partial charge on any atom is -0.497 e. The van der Waals surface area contributed by atoms with Crippen molar-refractivity contribution >= 4 is 44.6 Å². The van der Waals surface area contributed by atoms with Gasteiger partial charge in [-0.1, -0.05) is 32.4 Å². The van der Waals surface area contributed by atoms with Crippen LogP contribution >= 0.6 is 0 Å². The molecule has 6 rings (SSSR count). The first kappa shape index (κ1) is 44.7. The third kappa shape index (κ3) is 9.10. The van der Waals surface area contributed by atoms with Gasteiger partial charge in [-0.15, -0.1) is 0 Å². The Hall–Kier alpha value is -4.81. The molecule has 60 heavy (non-hydrogen) atoms. The van der Waals surface area contributed by atoms with Gasteiger partial charge in [0, 0.05) is 23.8 Å². The number of rotatable bonds is 10. The van der Waals surface area contributed by atoms with Crippen molar-refractivity contribution in [1.82, 2.24) is 25.2 Å². The number of hydrogen-bond donors (Lipinski definition) is 3. The molecule has 0 radical (unpaired) electrons. The predicted octanol–water partition coefficient (Wildman–Crippen LogP) is 5.31. The molecule has 2 aliphatic heterocycles. The Balaban J connectivity index is 1.39. The number of ether oxygens (including phenoxy) is 4. The van der Waals surface area contributed by atoms with Crippen molar-refractivity contribution in [3.8, 4) is 17.5 Å². The zero-order valence-electron chi connectivity index (χ0n) is 34.8. The second-order valence-electron chi connectivity index (χ2n) is 17.2. The first-order valence-electron chi connectivity index (χ1n) is 20.2. The highest BCUT2D eigenvalue weighted by atomic mass is 32.2. The minimum atomic E-state index is -4.92. The van der Waals surface area contributed by atoms with Crippen LogP contribution in [0.1, 0.15) is 86.0 Å². The lowest BCUT2D eigenvalue weighted by Crippen LogP contribution is -2.60. The van der Waals surface area contributed by atoms with Crippen LogP contribution in [0.4, 0.5) is 18.0 Å². The lowest BCUT2D eigenvalue weighted by molar-refractivity contribution is -0.244. The van der Waals surface area contributed by atoms with E-state index in [-0.39, 0.29) is 37.1 Å². The second-order valence-corrected chi connectivity index (χ2v) is 19.4. The van der Waals surface area contributed by atoms with Crippen LogP contribution in [0.3, 0.4) is 0 Å². The van der Waals surface area contributed by atoms with E-state index in [4.69, 9.17) is 18.9 Å². The number of sulfonamides is 1. The van der Waals surface area contributed by atoms with Gasteiger partial charge in [-0.3, -0.25) is 19.1 Å². The summed E-state index contributed by atoms with van der Waals surface area (Å²) < 4.78 is 91.1. The highest BCUT2D eigenvalue weighted by Crippen LogP contribution is 2.48. The number of nitrogens with one attached hydrogen (secondary N) is 3. The van der Waals surface area contributed by atoms with E-state index in [1.54, 1.807) is 37.3 Å². The topological polar surface area (TPSA) is 192 Å². The summed E-state index contributed by atoms with van der Waals surface area (Å²) in [7, 11) is -1.15. The lowest BCUT2D eigenvalue weighted by atomic mass is 9.85. The molecule has 1 saturated heterocycles. The van der Waals surface area contributed by atoms with Crippen LogP contribution in [0, 0.1) is 17.8 Å². The highest BCUT2D eigenvalue weighted by molar-refractivity contribution is 7.91. The fraction of sp³-hybridized carbons (Fsp3) is 0.634.